The van der Waals surface area contributed by atoms with Crippen molar-refractivity contribution in [2.45, 2.75) is 25.2 Å². The minimum atomic E-state index is -3.37. The molecule has 144 valence electrons. The van der Waals surface area contributed by atoms with Crippen LogP contribution in [-0.2, 0) is 27.7 Å². The maximum absolute atomic E-state index is 12.3. The Balaban J connectivity index is 2.00. The molecule has 2 aromatic rings. The van der Waals surface area contributed by atoms with E-state index in [1.165, 1.54) is 0 Å². The molecular formula is C18H27N3O4S. The van der Waals surface area contributed by atoms with E-state index in [1.807, 2.05) is 37.4 Å². The van der Waals surface area contributed by atoms with Crippen molar-refractivity contribution in [3.63, 3.8) is 0 Å². The lowest BCUT2D eigenvalue weighted by atomic mass is 10.3. The van der Waals surface area contributed by atoms with Crippen molar-refractivity contribution in [2.24, 2.45) is 0 Å². The summed E-state index contributed by atoms with van der Waals surface area (Å²) < 4.78 is 37.1. The van der Waals surface area contributed by atoms with Crippen LogP contribution >= 0.6 is 0 Å². The van der Waals surface area contributed by atoms with E-state index >= 15 is 0 Å². The monoisotopic (exact) mass is 381 g/mol. The summed E-state index contributed by atoms with van der Waals surface area (Å²) in [5.41, 5.74) is 0.844. The van der Waals surface area contributed by atoms with Crippen LogP contribution in [0.2, 0.25) is 0 Å². The van der Waals surface area contributed by atoms with E-state index in [1.54, 1.807) is 24.8 Å². The molecular weight excluding hydrogens is 354 g/mol. The van der Waals surface area contributed by atoms with Crippen molar-refractivity contribution in [2.75, 3.05) is 39.7 Å². The Morgan fingerprint density at radius 3 is 2.58 bits per heavy atom. The molecule has 0 fully saturated rings. The van der Waals surface area contributed by atoms with Crippen molar-refractivity contribution in [1.29, 1.82) is 0 Å². The molecule has 0 aliphatic carbocycles. The number of imidazole rings is 1. The summed E-state index contributed by atoms with van der Waals surface area (Å²) in [6.45, 7) is 4.34. The predicted molar refractivity (Wildman–Crippen MR) is 100 cm³/mol. The van der Waals surface area contributed by atoms with Gasteiger partial charge in [-0.2, -0.15) is 0 Å². The van der Waals surface area contributed by atoms with Gasteiger partial charge in [0, 0.05) is 26.7 Å². The molecule has 0 aliphatic heterocycles. The van der Waals surface area contributed by atoms with Crippen molar-refractivity contribution < 1.29 is 17.9 Å². The fourth-order valence-corrected chi connectivity index (χ4v) is 3.52. The first kappa shape index (κ1) is 20.4. The Kier molecular flexibility index (Phi) is 7.62. The highest BCUT2D eigenvalue weighted by Crippen LogP contribution is 2.15. The van der Waals surface area contributed by atoms with E-state index in [0.717, 1.165) is 11.4 Å². The molecule has 0 saturated carbocycles. The second kappa shape index (κ2) is 9.70. The minimum absolute atomic E-state index is 0.0250. The van der Waals surface area contributed by atoms with Gasteiger partial charge in [0.1, 0.15) is 12.4 Å². The van der Waals surface area contributed by atoms with Crippen molar-refractivity contribution in [3.8, 4) is 5.75 Å². The topological polar surface area (TPSA) is 73.7 Å². The zero-order valence-electron chi connectivity index (χ0n) is 15.6. The van der Waals surface area contributed by atoms with Crippen molar-refractivity contribution in [1.82, 2.24) is 14.5 Å². The van der Waals surface area contributed by atoms with Crippen LogP contribution in [0.1, 0.15) is 12.6 Å². The van der Waals surface area contributed by atoms with Gasteiger partial charge in [-0.15, -0.1) is 0 Å². The van der Waals surface area contributed by atoms with Gasteiger partial charge >= 0.3 is 0 Å². The summed E-state index contributed by atoms with van der Waals surface area (Å²) in [5, 5.41) is 0.112. The summed E-state index contributed by atoms with van der Waals surface area (Å²) in [4.78, 5) is 6.23. The van der Waals surface area contributed by atoms with Gasteiger partial charge in [0.25, 0.3) is 0 Å². The van der Waals surface area contributed by atoms with Crippen LogP contribution in [0.5, 0.6) is 5.75 Å². The highest BCUT2D eigenvalue weighted by molar-refractivity contribution is 7.91. The third-order valence-corrected chi connectivity index (χ3v) is 5.64. The van der Waals surface area contributed by atoms with Crippen LogP contribution in [0.15, 0.2) is 41.7 Å². The Morgan fingerprint density at radius 1 is 1.19 bits per heavy atom. The number of rotatable bonds is 11. The second-order valence-corrected chi connectivity index (χ2v) is 8.15. The molecule has 1 aromatic heterocycles. The van der Waals surface area contributed by atoms with E-state index < -0.39 is 9.84 Å². The molecule has 7 nitrogen and oxygen atoms in total. The third kappa shape index (κ3) is 5.55. The van der Waals surface area contributed by atoms with E-state index in [-0.39, 0.29) is 10.9 Å². The van der Waals surface area contributed by atoms with Crippen LogP contribution in [0.25, 0.3) is 0 Å². The molecule has 1 aromatic carbocycles. The molecule has 1 heterocycles. The van der Waals surface area contributed by atoms with Gasteiger partial charge in [-0.3, -0.25) is 4.90 Å². The number of ether oxygens (including phenoxy) is 2. The van der Waals surface area contributed by atoms with Crippen LogP contribution in [0.3, 0.4) is 0 Å². The zero-order chi connectivity index (χ0) is 19.0. The third-order valence-electron chi connectivity index (χ3n) is 4.00. The molecule has 0 radical (unpaired) electrons. The summed E-state index contributed by atoms with van der Waals surface area (Å²) in [5.74, 6) is 0.861. The molecule has 0 spiro atoms. The molecule has 8 heteroatoms. The molecule has 0 aliphatic rings. The average molecular weight is 381 g/mol. The zero-order valence-corrected chi connectivity index (χ0v) is 16.4. The summed E-state index contributed by atoms with van der Waals surface area (Å²) >= 11 is 0. The Hall–Kier alpha value is -1.90. The fraction of sp³-hybridized carbons (Fsp3) is 0.500. The Morgan fingerprint density at radius 2 is 1.92 bits per heavy atom. The minimum Gasteiger partial charge on any atom is -0.492 e. The normalized spacial score (nSPS) is 11.8. The largest absolute Gasteiger partial charge is 0.492 e. The summed E-state index contributed by atoms with van der Waals surface area (Å²) in [6, 6.07) is 9.65. The summed E-state index contributed by atoms with van der Waals surface area (Å²) in [6.07, 6.45) is 1.63. The van der Waals surface area contributed by atoms with Crippen LogP contribution in [0.4, 0.5) is 0 Å². The van der Waals surface area contributed by atoms with Gasteiger partial charge in [-0.1, -0.05) is 25.1 Å². The number of likely N-dealkylation sites (N-methyl/N-ethyl adjacent to an activating group) is 1. The summed E-state index contributed by atoms with van der Waals surface area (Å²) in [7, 11) is 0.189. The van der Waals surface area contributed by atoms with E-state index in [4.69, 9.17) is 9.47 Å². The lowest BCUT2D eigenvalue weighted by Crippen LogP contribution is -2.26. The van der Waals surface area contributed by atoms with Crippen LogP contribution < -0.4 is 4.74 Å². The van der Waals surface area contributed by atoms with Crippen molar-refractivity contribution >= 4 is 9.84 Å². The van der Waals surface area contributed by atoms with Gasteiger partial charge in [0.05, 0.1) is 24.3 Å². The van der Waals surface area contributed by atoms with E-state index in [0.29, 0.717) is 32.8 Å². The number of nitrogens with zero attached hydrogens (tertiary/aromatic N) is 3. The number of hydrogen-bond donors (Lipinski definition) is 0. The molecule has 0 unspecified atom stereocenters. The van der Waals surface area contributed by atoms with Gasteiger partial charge in [0.2, 0.25) is 15.0 Å². The quantitative estimate of drug-likeness (QED) is 0.591. The number of hydrogen-bond acceptors (Lipinski definition) is 6. The van der Waals surface area contributed by atoms with Crippen LogP contribution in [0, 0.1) is 0 Å². The molecule has 0 amide bonds. The molecule has 0 atom stereocenters. The number of benzene rings is 1. The van der Waals surface area contributed by atoms with Crippen LogP contribution in [-0.4, -0.2) is 62.5 Å². The lowest BCUT2D eigenvalue weighted by Gasteiger charge is -2.18. The van der Waals surface area contributed by atoms with Gasteiger partial charge < -0.3 is 14.0 Å². The average Bonchev–Trinajstić information content (AvgIpc) is 3.04. The number of methoxy groups -OCH3 is 1. The Bertz CT molecular complexity index is 775. The van der Waals surface area contributed by atoms with E-state index in [9.17, 15) is 8.42 Å². The first-order valence-electron chi connectivity index (χ1n) is 8.60. The Labute approximate surface area is 155 Å². The van der Waals surface area contributed by atoms with Crippen molar-refractivity contribution in [3.05, 3.63) is 42.2 Å². The number of para-hydroxylation sites is 1. The molecule has 0 bridgehead atoms. The maximum Gasteiger partial charge on any atom is 0.227 e. The highest BCUT2D eigenvalue weighted by atomic mass is 32.2. The van der Waals surface area contributed by atoms with Gasteiger partial charge in [0.15, 0.2) is 0 Å². The number of aromatic nitrogens is 2. The first-order chi connectivity index (χ1) is 12.5. The smallest absolute Gasteiger partial charge is 0.227 e. The molecule has 0 saturated heterocycles. The van der Waals surface area contributed by atoms with Gasteiger partial charge in [-0.05, 0) is 19.2 Å². The second-order valence-electron chi connectivity index (χ2n) is 5.98. The first-order valence-corrected chi connectivity index (χ1v) is 10.3. The molecule has 0 N–H and O–H groups in total. The molecule has 26 heavy (non-hydrogen) atoms. The lowest BCUT2D eigenvalue weighted by molar-refractivity contribution is 0.181. The standard InChI is InChI=1S/C18H27N3O4S/c1-4-26(22,23)18-19-14-16(21(18)11-12-24-3)15-20(2)10-13-25-17-8-6-5-7-9-17/h5-9,14H,4,10-13,15H2,1-3H3. The number of sulfone groups is 1. The van der Waals surface area contributed by atoms with Gasteiger partial charge in [-0.25, -0.2) is 13.4 Å². The predicted octanol–water partition coefficient (Wildman–Crippen LogP) is 1.83. The maximum atomic E-state index is 12.3. The highest BCUT2D eigenvalue weighted by Gasteiger charge is 2.21. The SMILES string of the molecule is CCS(=O)(=O)c1ncc(CN(C)CCOc2ccccc2)n1CCOC. The van der Waals surface area contributed by atoms with E-state index in [2.05, 4.69) is 9.88 Å². The fourth-order valence-electron chi connectivity index (χ4n) is 2.51. The molecule has 2 rings (SSSR count).